The van der Waals surface area contributed by atoms with Crippen molar-refractivity contribution >= 4 is 13.7 Å². The zero-order valence-electron chi connectivity index (χ0n) is 44.7. The van der Waals surface area contributed by atoms with Crippen LogP contribution in [0.4, 0.5) is 0 Å². The molecule has 0 aromatic rings. The number of aliphatic hydroxyl groups is 1. The molecule has 3 N–H and O–H groups in total. The van der Waals surface area contributed by atoms with Crippen molar-refractivity contribution in [3.8, 4) is 0 Å². The first-order valence-electron chi connectivity index (χ1n) is 28.7. The summed E-state index contributed by atoms with van der Waals surface area (Å²) in [6.07, 6.45) is 61.1. The monoisotopic (exact) mass is 954 g/mol. The van der Waals surface area contributed by atoms with Gasteiger partial charge in [0.2, 0.25) is 5.91 Å². The number of unbranched alkanes of at least 4 members (excludes halogenated alkanes) is 36. The Balaban J connectivity index is 4.00. The Morgan fingerprint density at radius 2 is 0.894 bits per heavy atom. The summed E-state index contributed by atoms with van der Waals surface area (Å²) in [4.78, 5) is 23.2. The number of aliphatic hydroxyl groups excluding tert-OH is 1. The fourth-order valence-electron chi connectivity index (χ4n) is 8.68. The summed E-state index contributed by atoms with van der Waals surface area (Å²) in [7, 11) is 1.61. The van der Waals surface area contributed by atoms with E-state index in [9.17, 15) is 19.4 Å². The van der Waals surface area contributed by atoms with E-state index in [-0.39, 0.29) is 19.1 Å². The fraction of sp³-hybridized carbons (Fsp3) is 0.912. The molecule has 1 amide bonds. The molecule has 9 heteroatoms. The molecule has 66 heavy (non-hydrogen) atoms. The van der Waals surface area contributed by atoms with Crippen LogP contribution in [0.3, 0.4) is 0 Å². The number of nitrogens with zero attached hydrogens (tertiary/aromatic N) is 1. The molecule has 3 atom stereocenters. The Morgan fingerprint density at radius 3 is 1.30 bits per heavy atom. The summed E-state index contributed by atoms with van der Waals surface area (Å²) in [5.41, 5.74) is 0. The highest BCUT2D eigenvalue weighted by Gasteiger charge is 2.28. The van der Waals surface area contributed by atoms with Crippen LogP contribution in [-0.2, 0) is 18.4 Å². The number of hydrogen-bond donors (Lipinski definition) is 3. The predicted octanol–water partition coefficient (Wildman–Crippen LogP) is 17.2. The zero-order chi connectivity index (χ0) is 48.5. The summed E-state index contributed by atoms with van der Waals surface area (Å²) < 4.78 is 23.7. The number of amides is 1. The number of phosphoric acid groups is 1. The highest BCUT2D eigenvalue weighted by molar-refractivity contribution is 7.47. The third-order valence-corrected chi connectivity index (χ3v) is 14.2. The Kier molecular flexibility index (Phi) is 48.2. The Labute approximate surface area is 411 Å². The molecule has 0 fully saturated rings. The van der Waals surface area contributed by atoms with E-state index >= 15 is 0 Å². The molecule has 0 aliphatic carbocycles. The van der Waals surface area contributed by atoms with Gasteiger partial charge in [-0.05, 0) is 38.5 Å². The van der Waals surface area contributed by atoms with Gasteiger partial charge in [-0.15, -0.1) is 0 Å². The molecule has 8 nitrogen and oxygen atoms in total. The van der Waals surface area contributed by atoms with Gasteiger partial charge >= 0.3 is 7.82 Å². The van der Waals surface area contributed by atoms with Gasteiger partial charge in [0.25, 0.3) is 0 Å². The lowest BCUT2D eigenvalue weighted by Gasteiger charge is -2.26. The third kappa shape index (κ3) is 50.8. The Bertz CT molecular complexity index is 1130. The maximum atomic E-state index is 12.9. The molecule has 0 rings (SSSR count). The lowest BCUT2D eigenvalue weighted by atomic mass is 10.0. The molecule has 0 aliphatic rings. The maximum absolute atomic E-state index is 12.9. The van der Waals surface area contributed by atoms with Gasteiger partial charge in [0.1, 0.15) is 13.2 Å². The van der Waals surface area contributed by atoms with Crippen LogP contribution in [0.2, 0.25) is 0 Å². The van der Waals surface area contributed by atoms with E-state index in [0.717, 1.165) is 70.6 Å². The van der Waals surface area contributed by atoms with Gasteiger partial charge in [0, 0.05) is 6.42 Å². The third-order valence-electron chi connectivity index (χ3n) is 13.2. The summed E-state index contributed by atoms with van der Waals surface area (Å²) in [5.74, 6) is -0.156. The van der Waals surface area contributed by atoms with E-state index in [1.807, 2.05) is 21.1 Å². The molecule has 0 aliphatic heterocycles. The second-order valence-electron chi connectivity index (χ2n) is 21.0. The average Bonchev–Trinajstić information content (AvgIpc) is 3.28. The largest absolute Gasteiger partial charge is 0.472 e. The molecule has 0 saturated heterocycles. The van der Waals surface area contributed by atoms with Crippen molar-refractivity contribution in [2.75, 3.05) is 40.9 Å². The summed E-state index contributed by atoms with van der Waals surface area (Å²) in [5, 5.41) is 14.0. The van der Waals surface area contributed by atoms with Crippen molar-refractivity contribution < 1.29 is 32.9 Å². The number of carbonyl (C=O) groups excluding carboxylic acids is 1. The second kappa shape index (κ2) is 49.0. The number of likely N-dealkylation sites (N-methyl/N-ethyl adjacent to an activating group) is 1. The van der Waals surface area contributed by atoms with E-state index in [2.05, 4.69) is 43.5 Å². The molecule has 0 radical (unpaired) electrons. The number of phosphoric ester groups is 1. The molecule has 3 unspecified atom stereocenters. The van der Waals surface area contributed by atoms with Crippen LogP contribution in [0.15, 0.2) is 24.3 Å². The number of allylic oxidation sites excluding steroid dienone is 4. The molecule has 392 valence electrons. The van der Waals surface area contributed by atoms with Crippen molar-refractivity contribution in [1.82, 2.24) is 5.32 Å². The van der Waals surface area contributed by atoms with Crippen LogP contribution in [-0.4, -0.2) is 73.4 Å². The average molecular weight is 955 g/mol. The molecule has 0 saturated carbocycles. The quantitative estimate of drug-likeness (QED) is 0.0243. The smallest absolute Gasteiger partial charge is 0.391 e. The number of carbonyl (C=O) groups is 1. The van der Waals surface area contributed by atoms with Gasteiger partial charge in [0.15, 0.2) is 0 Å². The Morgan fingerprint density at radius 1 is 0.515 bits per heavy atom. The molecule has 0 heterocycles. The van der Waals surface area contributed by atoms with Gasteiger partial charge in [0.05, 0.1) is 39.9 Å². The zero-order valence-corrected chi connectivity index (χ0v) is 45.6. The number of rotatable bonds is 53. The minimum absolute atomic E-state index is 0.0726. The lowest BCUT2D eigenvalue weighted by molar-refractivity contribution is -0.870. The molecular weight excluding hydrogens is 840 g/mol. The normalized spacial score (nSPS) is 14.1. The van der Waals surface area contributed by atoms with Crippen LogP contribution >= 0.6 is 7.82 Å². The van der Waals surface area contributed by atoms with E-state index < -0.39 is 20.0 Å². The molecule has 0 bridgehead atoms. The van der Waals surface area contributed by atoms with Crippen molar-refractivity contribution in [2.45, 2.75) is 296 Å². The summed E-state index contributed by atoms with van der Waals surface area (Å²) in [6.45, 7) is 4.84. The van der Waals surface area contributed by atoms with E-state index in [4.69, 9.17) is 9.05 Å². The van der Waals surface area contributed by atoms with Crippen LogP contribution in [0, 0.1) is 0 Å². The highest BCUT2D eigenvalue weighted by atomic mass is 31.2. The van der Waals surface area contributed by atoms with Crippen molar-refractivity contribution in [2.24, 2.45) is 0 Å². The molecular formula is C57H114N2O6P+. The first-order chi connectivity index (χ1) is 32.0. The second-order valence-corrected chi connectivity index (χ2v) is 22.5. The first-order valence-corrected chi connectivity index (χ1v) is 30.2. The predicted molar refractivity (Wildman–Crippen MR) is 286 cm³/mol. The van der Waals surface area contributed by atoms with E-state index in [0.29, 0.717) is 23.9 Å². The minimum atomic E-state index is -4.32. The van der Waals surface area contributed by atoms with Gasteiger partial charge < -0.3 is 19.8 Å². The number of hydrogen-bond acceptors (Lipinski definition) is 5. The van der Waals surface area contributed by atoms with Crippen LogP contribution in [0.1, 0.15) is 284 Å². The SMILES string of the molecule is CCC/C=C\C/C=C\CCCCCCCC(=O)NC(COP(=O)(O)OCC[N+](C)(C)C)C(O)CCCCCCCCCCCCCCCCCCCCCCCCCCCCCCCCC. The maximum Gasteiger partial charge on any atom is 0.472 e. The van der Waals surface area contributed by atoms with Crippen LogP contribution in [0.5, 0.6) is 0 Å². The molecule has 0 spiro atoms. The Hall–Kier alpha value is -1.02. The molecule has 0 aromatic carbocycles. The summed E-state index contributed by atoms with van der Waals surface area (Å²) in [6, 6.07) is -0.767. The van der Waals surface area contributed by atoms with Crippen LogP contribution in [0.25, 0.3) is 0 Å². The fourth-order valence-corrected chi connectivity index (χ4v) is 9.41. The van der Waals surface area contributed by atoms with Crippen molar-refractivity contribution in [3.63, 3.8) is 0 Å². The van der Waals surface area contributed by atoms with Crippen LogP contribution < -0.4 is 5.32 Å². The van der Waals surface area contributed by atoms with Gasteiger partial charge in [-0.1, -0.05) is 263 Å². The number of nitrogens with one attached hydrogen (secondary N) is 1. The topological polar surface area (TPSA) is 105 Å². The number of quaternary nitrogens is 1. The van der Waals surface area contributed by atoms with Gasteiger partial charge in [-0.2, -0.15) is 0 Å². The molecule has 0 aromatic heterocycles. The minimum Gasteiger partial charge on any atom is -0.391 e. The standard InChI is InChI=1S/C57H113N2O6P/c1-6-8-10-12-14-16-18-20-21-22-23-24-25-26-27-28-29-30-31-32-33-34-35-36-37-39-40-42-44-46-48-50-56(60)55(54-65-66(62,63)64-53-52-59(3,4)5)58-57(61)51-49-47-45-43-41-38-19-17-15-13-11-9-7-2/h11,13,17,19,55-56,60H,6-10,12,14-16,18,20-54H2,1-5H3,(H-,58,61,62,63)/p+1/b13-11-,19-17-. The van der Waals surface area contributed by atoms with E-state index in [1.54, 1.807) is 0 Å². The van der Waals surface area contributed by atoms with E-state index in [1.165, 1.54) is 186 Å². The van der Waals surface area contributed by atoms with Gasteiger partial charge in [-0.25, -0.2) is 4.57 Å². The van der Waals surface area contributed by atoms with Gasteiger partial charge in [-0.3, -0.25) is 13.8 Å². The summed E-state index contributed by atoms with van der Waals surface area (Å²) >= 11 is 0. The first kappa shape index (κ1) is 65.0. The van der Waals surface area contributed by atoms with Crippen molar-refractivity contribution in [1.29, 1.82) is 0 Å². The highest BCUT2D eigenvalue weighted by Crippen LogP contribution is 2.43. The lowest BCUT2D eigenvalue weighted by Crippen LogP contribution is -2.46. The van der Waals surface area contributed by atoms with Crippen molar-refractivity contribution in [3.05, 3.63) is 24.3 Å².